The van der Waals surface area contributed by atoms with Gasteiger partial charge in [-0.25, -0.2) is 17.4 Å². The van der Waals surface area contributed by atoms with E-state index >= 15 is 0 Å². The number of alkyl halides is 3. The molecule has 1 N–H and O–H groups in total. The van der Waals surface area contributed by atoms with Gasteiger partial charge in [0.05, 0.1) is 4.75 Å². The van der Waals surface area contributed by atoms with Crippen LogP contribution in [0.5, 0.6) is 0 Å². The quantitative estimate of drug-likeness (QED) is 0.711. The molecule has 0 heterocycles. The smallest absolute Gasteiger partial charge is 0.277 e. The molecular formula is C6H11F3O2S. The Bertz CT molecular complexity index is 182. The van der Waals surface area contributed by atoms with Gasteiger partial charge in [0, 0.05) is 6.42 Å². The lowest BCUT2D eigenvalue weighted by atomic mass is 10.1. The minimum absolute atomic E-state index is 0.931. The summed E-state index contributed by atoms with van der Waals surface area (Å²) in [4.78, 5) is 0. The highest BCUT2D eigenvalue weighted by Crippen LogP contribution is 2.29. The van der Waals surface area contributed by atoms with Crippen LogP contribution < -0.4 is 0 Å². The molecule has 1 unspecified atom stereocenters. The summed E-state index contributed by atoms with van der Waals surface area (Å²) >= 11 is -2.37. The molecule has 0 saturated carbocycles. The average Bonchev–Trinajstić information content (AvgIpc) is 1.85. The highest BCUT2D eigenvalue weighted by Gasteiger charge is 2.40. The largest absolute Gasteiger partial charge is 0.306 e. The standard InChI is InChI=1S/C6H11F3O2S/c1-5(2,12(10)11)3-6(8,9)4-7/h3-4H2,1-2H3,(H,10,11). The molecule has 2 nitrogen and oxygen atoms in total. The predicted molar refractivity (Wildman–Crippen MR) is 40.4 cm³/mol. The molecule has 0 aromatic carbocycles. The van der Waals surface area contributed by atoms with Crippen LogP contribution >= 0.6 is 0 Å². The van der Waals surface area contributed by atoms with E-state index in [0.29, 0.717) is 0 Å². The van der Waals surface area contributed by atoms with Gasteiger partial charge in [-0.1, -0.05) is 0 Å². The van der Waals surface area contributed by atoms with Crippen molar-refractivity contribution < 1.29 is 21.9 Å². The first-order valence-corrected chi connectivity index (χ1v) is 4.37. The number of rotatable bonds is 4. The van der Waals surface area contributed by atoms with E-state index in [1.807, 2.05) is 0 Å². The highest BCUT2D eigenvalue weighted by atomic mass is 32.2. The van der Waals surface area contributed by atoms with Crippen molar-refractivity contribution in [1.82, 2.24) is 0 Å². The van der Waals surface area contributed by atoms with E-state index in [0.717, 1.165) is 0 Å². The van der Waals surface area contributed by atoms with Crippen molar-refractivity contribution in [3.63, 3.8) is 0 Å². The first-order valence-electron chi connectivity index (χ1n) is 3.26. The molecule has 1 atom stereocenters. The Morgan fingerprint density at radius 3 is 2.08 bits per heavy atom. The Labute approximate surface area is 71.4 Å². The van der Waals surface area contributed by atoms with Crippen molar-refractivity contribution in [3.8, 4) is 0 Å². The van der Waals surface area contributed by atoms with Gasteiger partial charge >= 0.3 is 0 Å². The van der Waals surface area contributed by atoms with Crippen LogP contribution in [0, 0.1) is 0 Å². The van der Waals surface area contributed by atoms with Gasteiger partial charge in [0.25, 0.3) is 5.92 Å². The van der Waals surface area contributed by atoms with Crippen molar-refractivity contribution in [3.05, 3.63) is 0 Å². The van der Waals surface area contributed by atoms with Crippen LogP contribution in [0.3, 0.4) is 0 Å². The van der Waals surface area contributed by atoms with Crippen molar-refractivity contribution >= 4 is 11.1 Å². The van der Waals surface area contributed by atoms with Gasteiger partial charge in [-0.2, -0.15) is 0 Å². The fraction of sp³-hybridized carbons (Fsp3) is 1.00. The van der Waals surface area contributed by atoms with E-state index in [2.05, 4.69) is 0 Å². The topological polar surface area (TPSA) is 37.3 Å². The molecule has 0 fully saturated rings. The SMILES string of the molecule is CC(C)(CC(F)(F)CF)S(=O)O. The summed E-state index contributed by atoms with van der Waals surface area (Å²) in [6.07, 6.45) is -0.931. The fourth-order valence-corrected chi connectivity index (χ4v) is 1.07. The molecule has 0 radical (unpaired) electrons. The van der Waals surface area contributed by atoms with Gasteiger partial charge < -0.3 is 4.55 Å². The Hall–Kier alpha value is -0.100. The first-order chi connectivity index (χ1) is 5.21. The monoisotopic (exact) mass is 204 g/mol. The van der Waals surface area contributed by atoms with Crippen molar-refractivity contribution in [2.45, 2.75) is 30.9 Å². The minimum atomic E-state index is -3.51. The Balaban J connectivity index is 4.34. The summed E-state index contributed by atoms with van der Waals surface area (Å²) < 4.78 is 54.0. The second kappa shape index (κ2) is 3.74. The van der Waals surface area contributed by atoms with Crippen LogP contribution in [0.1, 0.15) is 20.3 Å². The highest BCUT2D eigenvalue weighted by molar-refractivity contribution is 7.80. The molecule has 6 heteroatoms. The molecule has 0 aliphatic carbocycles. The molecule has 0 saturated heterocycles. The van der Waals surface area contributed by atoms with E-state index in [4.69, 9.17) is 4.55 Å². The molecular weight excluding hydrogens is 193 g/mol. The van der Waals surface area contributed by atoms with E-state index in [1.54, 1.807) is 0 Å². The van der Waals surface area contributed by atoms with E-state index in [-0.39, 0.29) is 0 Å². The minimum Gasteiger partial charge on any atom is -0.306 e. The van der Waals surface area contributed by atoms with Crippen LogP contribution in [-0.4, -0.2) is 26.1 Å². The van der Waals surface area contributed by atoms with Crippen molar-refractivity contribution in [2.24, 2.45) is 0 Å². The molecule has 0 spiro atoms. The summed E-state index contributed by atoms with van der Waals surface area (Å²) in [5.41, 5.74) is 0. The van der Waals surface area contributed by atoms with E-state index in [9.17, 15) is 17.4 Å². The lowest BCUT2D eigenvalue weighted by Crippen LogP contribution is -2.36. The summed E-state index contributed by atoms with van der Waals surface area (Å²) in [7, 11) is 0. The number of hydrogen-bond acceptors (Lipinski definition) is 1. The summed E-state index contributed by atoms with van der Waals surface area (Å²) in [6.45, 7) is 0.576. The molecule has 0 aliphatic heterocycles. The van der Waals surface area contributed by atoms with Crippen LogP contribution in [0.4, 0.5) is 13.2 Å². The molecule has 0 rings (SSSR count). The molecule has 12 heavy (non-hydrogen) atoms. The summed E-state index contributed by atoms with van der Waals surface area (Å²) in [5, 5.41) is 0. The van der Waals surface area contributed by atoms with Crippen LogP contribution in [0.15, 0.2) is 0 Å². The maximum atomic E-state index is 12.4. The zero-order chi connectivity index (χ0) is 9.99. The Morgan fingerprint density at radius 2 is 1.83 bits per heavy atom. The first kappa shape index (κ1) is 11.9. The van der Waals surface area contributed by atoms with Crippen LogP contribution in [0.2, 0.25) is 0 Å². The van der Waals surface area contributed by atoms with Crippen LogP contribution in [-0.2, 0) is 11.1 Å². The Morgan fingerprint density at radius 1 is 1.42 bits per heavy atom. The summed E-state index contributed by atoms with van der Waals surface area (Å²) in [6, 6.07) is 0. The lowest BCUT2D eigenvalue weighted by Gasteiger charge is -2.24. The van der Waals surface area contributed by atoms with E-state index < -0.39 is 34.8 Å². The molecule has 74 valence electrons. The van der Waals surface area contributed by atoms with Crippen LogP contribution in [0.25, 0.3) is 0 Å². The molecule has 0 aromatic heterocycles. The predicted octanol–water partition coefficient (Wildman–Crippen LogP) is 1.98. The van der Waals surface area contributed by atoms with Gasteiger partial charge in [0.15, 0.2) is 17.8 Å². The van der Waals surface area contributed by atoms with Crippen molar-refractivity contribution in [1.29, 1.82) is 0 Å². The van der Waals surface area contributed by atoms with Gasteiger partial charge in [-0.05, 0) is 13.8 Å². The lowest BCUT2D eigenvalue weighted by molar-refractivity contribution is -0.0369. The average molecular weight is 204 g/mol. The second-order valence-corrected chi connectivity index (χ2v) is 4.78. The normalized spacial score (nSPS) is 16.2. The third-order valence-electron chi connectivity index (χ3n) is 1.35. The molecule has 0 amide bonds. The van der Waals surface area contributed by atoms with Gasteiger partial charge in [-0.3, -0.25) is 0 Å². The maximum Gasteiger partial charge on any atom is 0.277 e. The van der Waals surface area contributed by atoms with Gasteiger partial charge in [-0.15, -0.1) is 0 Å². The zero-order valence-electron chi connectivity index (χ0n) is 6.81. The summed E-state index contributed by atoms with van der Waals surface area (Å²) in [5.74, 6) is -3.51. The van der Waals surface area contributed by atoms with Gasteiger partial charge in [0.2, 0.25) is 0 Å². The third kappa shape index (κ3) is 3.53. The van der Waals surface area contributed by atoms with Gasteiger partial charge in [0.1, 0.15) is 0 Å². The number of halogens is 3. The Kier molecular flexibility index (Phi) is 3.71. The number of hydrogen-bond donors (Lipinski definition) is 1. The zero-order valence-corrected chi connectivity index (χ0v) is 7.63. The fourth-order valence-electron chi connectivity index (χ4n) is 0.732. The second-order valence-electron chi connectivity index (χ2n) is 3.18. The molecule has 0 aliphatic rings. The molecule has 0 aromatic rings. The third-order valence-corrected chi connectivity index (χ3v) is 2.44. The molecule has 0 bridgehead atoms. The van der Waals surface area contributed by atoms with Crippen molar-refractivity contribution in [2.75, 3.05) is 6.67 Å². The van der Waals surface area contributed by atoms with E-state index in [1.165, 1.54) is 13.8 Å². The maximum absolute atomic E-state index is 12.4.